The quantitative estimate of drug-likeness (QED) is 0.682. The number of nitrogens with one attached hydrogen (secondary N) is 1. The molecule has 1 N–H and O–H groups in total. The summed E-state index contributed by atoms with van der Waals surface area (Å²) < 4.78 is 0.306. The van der Waals surface area contributed by atoms with Crippen LogP contribution in [0, 0.1) is 0 Å². The first-order valence-corrected chi connectivity index (χ1v) is 9.43. The highest BCUT2D eigenvalue weighted by molar-refractivity contribution is 8.00. The molecule has 6 heteroatoms. The van der Waals surface area contributed by atoms with E-state index in [-0.39, 0.29) is 0 Å². The third-order valence-corrected chi connectivity index (χ3v) is 5.84. The minimum atomic E-state index is 0.306. The van der Waals surface area contributed by atoms with Gasteiger partial charge in [-0.2, -0.15) is 11.8 Å². The highest BCUT2D eigenvalue weighted by atomic mass is 32.2. The number of guanidine groups is 1. The lowest BCUT2D eigenvalue weighted by Crippen LogP contribution is -2.51. The number of aromatic nitrogens is 1. The first kappa shape index (κ1) is 16.6. The van der Waals surface area contributed by atoms with Crippen LogP contribution < -0.4 is 5.32 Å². The van der Waals surface area contributed by atoms with Crippen molar-refractivity contribution in [3.05, 3.63) is 16.1 Å². The van der Waals surface area contributed by atoms with Gasteiger partial charge in [-0.15, -0.1) is 11.3 Å². The molecule has 2 rings (SSSR count). The van der Waals surface area contributed by atoms with Crippen LogP contribution in [0.5, 0.6) is 0 Å². The third-order valence-electron chi connectivity index (χ3n) is 3.50. The van der Waals surface area contributed by atoms with E-state index < -0.39 is 0 Å². The van der Waals surface area contributed by atoms with Crippen LogP contribution in [0.3, 0.4) is 0 Å². The lowest BCUT2D eigenvalue weighted by atomic mass is 10.2. The number of aryl methyl sites for hydroxylation is 1. The largest absolute Gasteiger partial charge is 0.356 e. The third kappa shape index (κ3) is 4.88. The molecule has 0 radical (unpaired) electrons. The van der Waals surface area contributed by atoms with Gasteiger partial charge < -0.3 is 10.2 Å². The summed E-state index contributed by atoms with van der Waals surface area (Å²) in [7, 11) is 1.87. The van der Waals surface area contributed by atoms with Gasteiger partial charge in [0, 0.05) is 49.0 Å². The standard InChI is InChI=1S/C15H26N4S2/c1-5-13-18-12(10-20-13)6-7-17-14(16-4)19-8-9-21-15(2,3)11-19/h10H,5-9,11H2,1-4H3,(H,16,17). The van der Waals surface area contributed by atoms with Crippen LogP contribution in [-0.2, 0) is 12.8 Å². The zero-order valence-electron chi connectivity index (χ0n) is 13.5. The van der Waals surface area contributed by atoms with Crippen molar-refractivity contribution in [2.24, 2.45) is 4.99 Å². The number of thioether (sulfide) groups is 1. The number of thiazole rings is 1. The summed E-state index contributed by atoms with van der Waals surface area (Å²) in [6, 6.07) is 0. The van der Waals surface area contributed by atoms with Gasteiger partial charge in [0.25, 0.3) is 0 Å². The van der Waals surface area contributed by atoms with Crippen LogP contribution in [0.4, 0.5) is 0 Å². The van der Waals surface area contributed by atoms with E-state index in [9.17, 15) is 0 Å². The monoisotopic (exact) mass is 326 g/mol. The number of nitrogens with zero attached hydrogens (tertiary/aromatic N) is 3. The van der Waals surface area contributed by atoms with E-state index in [1.807, 2.05) is 18.8 Å². The van der Waals surface area contributed by atoms with E-state index in [2.05, 4.69) is 46.3 Å². The fourth-order valence-electron chi connectivity index (χ4n) is 2.46. The van der Waals surface area contributed by atoms with Crippen molar-refractivity contribution < 1.29 is 0 Å². The molecular formula is C15H26N4S2. The minimum Gasteiger partial charge on any atom is -0.356 e. The van der Waals surface area contributed by atoms with Gasteiger partial charge >= 0.3 is 0 Å². The maximum atomic E-state index is 4.61. The first-order chi connectivity index (χ1) is 10.0. The summed E-state index contributed by atoms with van der Waals surface area (Å²) >= 11 is 3.80. The highest BCUT2D eigenvalue weighted by Gasteiger charge is 2.28. The second kappa shape index (κ2) is 7.49. The summed E-state index contributed by atoms with van der Waals surface area (Å²) in [6.45, 7) is 9.78. The molecule has 0 aliphatic carbocycles. The molecule has 1 saturated heterocycles. The summed E-state index contributed by atoms with van der Waals surface area (Å²) in [6.07, 6.45) is 1.99. The Kier molecular flexibility index (Phi) is 5.93. The summed E-state index contributed by atoms with van der Waals surface area (Å²) in [4.78, 5) is 11.4. The molecule has 2 heterocycles. The number of hydrogen-bond donors (Lipinski definition) is 1. The molecule has 1 aromatic heterocycles. The van der Waals surface area contributed by atoms with Crippen LogP contribution in [0.1, 0.15) is 31.5 Å². The van der Waals surface area contributed by atoms with Crippen LogP contribution >= 0.6 is 23.1 Å². The van der Waals surface area contributed by atoms with Crippen molar-refractivity contribution in [2.75, 3.05) is 32.4 Å². The average molecular weight is 327 g/mol. The zero-order chi connectivity index (χ0) is 15.3. The minimum absolute atomic E-state index is 0.306. The Hall–Kier alpha value is -0.750. The maximum Gasteiger partial charge on any atom is 0.193 e. The number of aliphatic imine (C=N–C) groups is 1. The molecule has 0 aromatic carbocycles. The van der Waals surface area contributed by atoms with Crippen molar-refractivity contribution in [1.29, 1.82) is 0 Å². The Balaban J connectivity index is 1.82. The predicted octanol–water partition coefficient (Wildman–Crippen LogP) is 2.65. The van der Waals surface area contributed by atoms with E-state index in [1.165, 1.54) is 16.5 Å². The Bertz CT molecular complexity index is 482. The molecule has 1 aromatic rings. The molecule has 4 nitrogen and oxygen atoms in total. The van der Waals surface area contributed by atoms with Gasteiger partial charge in [-0.05, 0) is 20.3 Å². The van der Waals surface area contributed by atoms with Crippen molar-refractivity contribution in [1.82, 2.24) is 15.2 Å². The van der Waals surface area contributed by atoms with Crippen LogP contribution in [0.2, 0.25) is 0 Å². The molecule has 118 valence electrons. The Labute approximate surface area is 136 Å². The van der Waals surface area contributed by atoms with Crippen molar-refractivity contribution in [3.63, 3.8) is 0 Å². The summed E-state index contributed by atoms with van der Waals surface area (Å²) in [5.41, 5.74) is 1.19. The molecule has 1 fully saturated rings. The lowest BCUT2D eigenvalue weighted by Gasteiger charge is -2.39. The van der Waals surface area contributed by atoms with Crippen LogP contribution in [-0.4, -0.2) is 53.0 Å². The van der Waals surface area contributed by atoms with Crippen molar-refractivity contribution >= 4 is 29.1 Å². The predicted molar refractivity (Wildman–Crippen MR) is 94.7 cm³/mol. The van der Waals surface area contributed by atoms with E-state index in [0.29, 0.717) is 4.75 Å². The van der Waals surface area contributed by atoms with Crippen LogP contribution in [0.25, 0.3) is 0 Å². The van der Waals surface area contributed by atoms with Crippen molar-refractivity contribution in [3.8, 4) is 0 Å². The van der Waals surface area contributed by atoms with Gasteiger partial charge in [-0.25, -0.2) is 4.98 Å². The van der Waals surface area contributed by atoms with E-state index in [1.54, 1.807) is 11.3 Å². The molecule has 0 spiro atoms. The van der Waals surface area contributed by atoms with E-state index in [4.69, 9.17) is 0 Å². The number of hydrogen-bond acceptors (Lipinski definition) is 4. The fourth-order valence-corrected chi connectivity index (χ4v) is 4.35. The molecule has 0 saturated carbocycles. The summed E-state index contributed by atoms with van der Waals surface area (Å²) in [5, 5.41) is 6.88. The molecule has 0 unspecified atom stereocenters. The van der Waals surface area contributed by atoms with Gasteiger partial charge in [0.15, 0.2) is 5.96 Å². The Morgan fingerprint density at radius 1 is 1.52 bits per heavy atom. The average Bonchev–Trinajstić information content (AvgIpc) is 2.90. The molecule has 0 atom stereocenters. The molecule has 0 bridgehead atoms. The molecule has 21 heavy (non-hydrogen) atoms. The fraction of sp³-hybridized carbons (Fsp3) is 0.733. The topological polar surface area (TPSA) is 40.5 Å². The van der Waals surface area contributed by atoms with Gasteiger partial charge in [-0.3, -0.25) is 4.99 Å². The molecular weight excluding hydrogens is 300 g/mol. The van der Waals surface area contributed by atoms with Gasteiger partial charge in [0.05, 0.1) is 10.7 Å². The van der Waals surface area contributed by atoms with Gasteiger partial charge in [-0.1, -0.05) is 6.92 Å². The second-order valence-electron chi connectivity index (χ2n) is 5.84. The lowest BCUT2D eigenvalue weighted by molar-refractivity contribution is 0.376. The molecule has 0 amide bonds. The first-order valence-electron chi connectivity index (χ1n) is 7.57. The van der Waals surface area contributed by atoms with Gasteiger partial charge in [0.2, 0.25) is 0 Å². The highest BCUT2D eigenvalue weighted by Crippen LogP contribution is 2.29. The normalized spacial score (nSPS) is 18.9. The van der Waals surface area contributed by atoms with Gasteiger partial charge in [0.1, 0.15) is 0 Å². The van der Waals surface area contributed by atoms with Crippen molar-refractivity contribution in [2.45, 2.75) is 38.4 Å². The SMILES string of the molecule is CCc1nc(CCNC(=NC)N2CCSC(C)(C)C2)cs1. The molecule has 1 aliphatic rings. The number of rotatable bonds is 4. The van der Waals surface area contributed by atoms with E-state index in [0.717, 1.165) is 38.4 Å². The second-order valence-corrected chi connectivity index (χ2v) is 8.58. The van der Waals surface area contributed by atoms with E-state index >= 15 is 0 Å². The Morgan fingerprint density at radius 3 is 2.95 bits per heavy atom. The maximum absolute atomic E-state index is 4.61. The summed E-state index contributed by atoms with van der Waals surface area (Å²) in [5.74, 6) is 2.19. The van der Waals surface area contributed by atoms with Crippen LogP contribution in [0.15, 0.2) is 10.4 Å². The Morgan fingerprint density at radius 2 is 2.33 bits per heavy atom. The zero-order valence-corrected chi connectivity index (χ0v) is 15.1. The molecule has 1 aliphatic heterocycles. The smallest absolute Gasteiger partial charge is 0.193 e.